The van der Waals surface area contributed by atoms with Crippen molar-refractivity contribution in [2.45, 2.75) is 12.5 Å². The molecule has 0 saturated carbocycles. The summed E-state index contributed by atoms with van der Waals surface area (Å²) < 4.78 is 0. The van der Waals surface area contributed by atoms with E-state index in [0.717, 1.165) is 5.56 Å². The molecule has 1 aromatic carbocycles. The van der Waals surface area contributed by atoms with Crippen molar-refractivity contribution < 1.29 is 0 Å². The van der Waals surface area contributed by atoms with Crippen molar-refractivity contribution in [3.8, 4) is 0 Å². The monoisotopic (exact) mass is 300 g/mol. The van der Waals surface area contributed by atoms with Crippen molar-refractivity contribution in [1.82, 2.24) is 4.98 Å². The van der Waals surface area contributed by atoms with Gasteiger partial charge < -0.3 is 5.73 Å². The van der Waals surface area contributed by atoms with Crippen LogP contribution in [0.4, 0.5) is 0 Å². The maximum Gasteiger partial charge on any atom is 0.0760 e. The molecule has 1 unspecified atom stereocenters. The molecule has 0 bridgehead atoms. The summed E-state index contributed by atoms with van der Waals surface area (Å²) in [6.45, 7) is 0. The molecule has 0 aliphatic heterocycles. The molecule has 0 radical (unpaired) electrons. The van der Waals surface area contributed by atoms with E-state index in [1.807, 2.05) is 6.07 Å². The zero-order chi connectivity index (χ0) is 13.1. The van der Waals surface area contributed by atoms with Gasteiger partial charge in [0.15, 0.2) is 0 Å². The normalized spacial score (nSPS) is 12.4. The van der Waals surface area contributed by atoms with Crippen molar-refractivity contribution in [3.63, 3.8) is 0 Å². The van der Waals surface area contributed by atoms with E-state index in [4.69, 9.17) is 40.5 Å². The minimum absolute atomic E-state index is 0.268. The number of halogens is 3. The molecule has 94 valence electrons. The fourth-order valence-electron chi connectivity index (χ4n) is 1.69. The van der Waals surface area contributed by atoms with Gasteiger partial charge in [-0.15, -0.1) is 0 Å². The third kappa shape index (κ3) is 3.15. The Bertz CT molecular complexity index is 558. The number of pyridine rings is 1. The Morgan fingerprint density at radius 1 is 1.06 bits per heavy atom. The van der Waals surface area contributed by atoms with Gasteiger partial charge in [-0.2, -0.15) is 0 Å². The predicted molar refractivity (Wildman–Crippen MR) is 76.3 cm³/mol. The first-order chi connectivity index (χ1) is 8.58. The predicted octanol–water partition coefficient (Wildman–Crippen LogP) is 4.28. The van der Waals surface area contributed by atoms with Gasteiger partial charge in [-0.1, -0.05) is 40.9 Å². The quantitative estimate of drug-likeness (QED) is 0.918. The van der Waals surface area contributed by atoms with Crippen molar-refractivity contribution in [2.24, 2.45) is 5.73 Å². The zero-order valence-corrected chi connectivity index (χ0v) is 11.7. The highest BCUT2D eigenvalue weighted by Gasteiger charge is 2.12. The highest BCUT2D eigenvalue weighted by molar-refractivity contribution is 6.42. The Balaban J connectivity index is 2.19. The second kappa shape index (κ2) is 5.89. The average molecular weight is 302 g/mol. The third-order valence-corrected chi connectivity index (χ3v) is 3.64. The summed E-state index contributed by atoms with van der Waals surface area (Å²) in [5.41, 5.74) is 7.78. The molecule has 0 aliphatic rings. The minimum atomic E-state index is -0.268. The molecule has 2 rings (SSSR count). The van der Waals surface area contributed by atoms with Crippen LogP contribution in [-0.2, 0) is 6.42 Å². The molecular formula is C13H11Cl3N2. The lowest BCUT2D eigenvalue weighted by atomic mass is 10.0. The van der Waals surface area contributed by atoms with Crippen molar-refractivity contribution in [3.05, 3.63) is 62.9 Å². The van der Waals surface area contributed by atoms with E-state index in [9.17, 15) is 0 Å². The highest BCUT2D eigenvalue weighted by Crippen LogP contribution is 2.26. The van der Waals surface area contributed by atoms with Crippen LogP contribution >= 0.6 is 34.8 Å². The topological polar surface area (TPSA) is 38.9 Å². The van der Waals surface area contributed by atoms with E-state index < -0.39 is 0 Å². The fraction of sp³-hybridized carbons (Fsp3) is 0.154. The largest absolute Gasteiger partial charge is 0.322 e. The molecule has 0 spiro atoms. The first-order valence-electron chi connectivity index (χ1n) is 5.38. The molecule has 2 N–H and O–H groups in total. The summed E-state index contributed by atoms with van der Waals surface area (Å²) in [5.74, 6) is 0. The van der Waals surface area contributed by atoms with Crippen LogP contribution in [-0.4, -0.2) is 4.98 Å². The van der Waals surface area contributed by atoms with Gasteiger partial charge in [0, 0.05) is 6.20 Å². The van der Waals surface area contributed by atoms with Crippen LogP contribution < -0.4 is 5.73 Å². The number of nitrogens with two attached hydrogens (primary N) is 1. The second-order valence-corrected chi connectivity index (χ2v) is 5.15. The molecule has 5 heteroatoms. The standard InChI is InChI=1S/C13H11Cl3N2/c14-9-4-3-8(6-11(9)16)7-12(17)13-10(15)2-1-5-18-13/h1-6,12H,7,17H2. The van der Waals surface area contributed by atoms with Gasteiger partial charge in [0.05, 0.1) is 26.8 Å². The summed E-state index contributed by atoms with van der Waals surface area (Å²) in [6.07, 6.45) is 2.28. The Labute approximate surface area is 121 Å². The summed E-state index contributed by atoms with van der Waals surface area (Å²) in [7, 11) is 0. The number of rotatable bonds is 3. The summed E-state index contributed by atoms with van der Waals surface area (Å²) >= 11 is 17.9. The maximum absolute atomic E-state index is 6.09. The molecule has 0 saturated heterocycles. The summed E-state index contributed by atoms with van der Waals surface area (Å²) in [6, 6.07) is 8.74. The highest BCUT2D eigenvalue weighted by atomic mass is 35.5. The van der Waals surface area contributed by atoms with Gasteiger partial charge in [-0.3, -0.25) is 4.98 Å². The van der Waals surface area contributed by atoms with Crippen molar-refractivity contribution in [2.75, 3.05) is 0 Å². The van der Waals surface area contributed by atoms with Gasteiger partial charge >= 0.3 is 0 Å². The molecule has 2 aromatic rings. The van der Waals surface area contributed by atoms with Gasteiger partial charge in [0.2, 0.25) is 0 Å². The number of nitrogens with zero attached hydrogens (tertiary/aromatic N) is 1. The summed E-state index contributed by atoms with van der Waals surface area (Å²) in [5, 5.41) is 1.63. The molecule has 1 atom stereocenters. The van der Waals surface area contributed by atoms with Crippen molar-refractivity contribution in [1.29, 1.82) is 0 Å². The number of hydrogen-bond donors (Lipinski definition) is 1. The van der Waals surface area contributed by atoms with Crippen LogP contribution in [0.2, 0.25) is 15.1 Å². The van der Waals surface area contributed by atoms with E-state index in [0.29, 0.717) is 27.2 Å². The minimum Gasteiger partial charge on any atom is -0.322 e. The van der Waals surface area contributed by atoms with E-state index in [1.165, 1.54) is 0 Å². The molecule has 2 nitrogen and oxygen atoms in total. The van der Waals surface area contributed by atoms with E-state index in [-0.39, 0.29) is 6.04 Å². The van der Waals surface area contributed by atoms with Crippen LogP contribution in [0.1, 0.15) is 17.3 Å². The molecule has 18 heavy (non-hydrogen) atoms. The van der Waals surface area contributed by atoms with Crippen LogP contribution in [0, 0.1) is 0 Å². The number of hydrogen-bond acceptors (Lipinski definition) is 2. The second-order valence-electron chi connectivity index (χ2n) is 3.93. The van der Waals surface area contributed by atoms with Gasteiger partial charge in [-0.25, -0.2) is 0 Å². The lowest BCUT2D eigenvalue weighted by Crippen LogP contribution is -2.15. The molecular weight excluding hydrogens is 291 g/mol. The van der Waals surface area contributed by atoms with Crippen LogP contribution in [0.25, 0.3) is 0 Å². The molecule has 1 aromatic heterocycles. The first kappa shape index (κ1) is 13.6. The van der Waals surface area contributed by atoms with Gasteiger partial charge in [0.1, 0.15) is 0 Å². The van der Waals surface area contributed by atoms with Crippen LogP contribution in [0.3, 0.4) is 0 Å². The van der Waals surface area contributed by atoms with Crippen molar-refractivity contribution >= 4 is 34.8 Å². The smallest absolute Gasteiger partial charge is 0.0760 e. The maximum atomic E-state index is 6.09. The summed E-state index contributed by atoms with van der Waals surface area (Å²) in [4.78, 5) is 4.20. The van der Waals surface area contributed by atoms with E-state index in [1.54, 1.807) is 30.5 Å². The molecule has 1 heterocycles. The van der Waals surface area contributed by atoms with Gasteiger partial charge in [0.25, 0.3) is 0 Å². The van der Waals surface area contributed by atoms with E-state index in [2.05, 4.69) is 4.98 Å². The molecule has 0 amide bonds. The molecule has 0 aliphatic carbocycles. The lowest BCUT2D eigenvalue weighted by Gasteiger charge is -2.13. The average Bonchev–Trinajstić information content (AvgIpc) is 2.34. The van der Waals surface area contributed by atoms with Crippen LogP contribution in [0.5, 0.6) is 0 Å². The Morgan fingerprint density at radius 3 is 2.50 bits per heavy atom. The van der Waals surface area contributed by atoms with Gasteiger partial charge in [-0.05, 0) is 36.2 Å². The number of aromatic nitrogens is 1. The lowest BCUT2D eigenvalue weighted by molar-refractivity contribution is 0.697. The Hall–Kier alpha value is -0.800. The Morgan fingerprint density at radius 2 is 1.83 bits per heavy atom. The SMILES string of the molecule is NC(Cc1ccc(Cl)c(Cl)c1)c1ncccc1Cl. The van der Waals surface area contributed by atoms with Crippen LogP contribution in [0.15, 0.2) is 36.5 Å². The molecule has 0 fully saturated rings. The third-order valence-electron chi connectivity index (χ3n) is 2.58. The first-order valence-corrected chi connectivity index (χ1v) is 6.51. The zero-order valence-electron chi connectivity index (χ0n) is 9.41. The Kier molecular flexibility index (Phi) is 4.46. The number of benzene rings is 1. The fourth-order valence-corrected chi connectivity index (χ4v) is 2.27. The van der Waals surface area contributed by atoms with E-state index >= 15 is 0 Å².